The van der Waals surface area contributed by atoms with Crippen molar-refractivity contribution in [3.05, 3.63) is 35.1 Å². The third-order valence-corrected chi connectivity index (χ3v) is 3.57. The lowest BCUT2D eigenvalue weighted by Crippen LogP contribution is -2.24. The molecule has 6 heteroatoms. The molecule has 1 aromatic carbocycles. The number of hydrogen-bond acceptors (Lipinski definition) is 3. The molecule has 0 bridgehead atoms. The predicted molar refractivity (Wildman–Crippen MR) is 83.5 cm³/mol. The molecule has 2 rings (SSSR count). The van der Waals surface area contributed by atoms with E-state index in [1.54, 1.807) is 18.3 Å². The highest BCUT2D eigenvalue weighted by Gasteiger charge is 2.12. The van der Waals surface area contributed by atoms with Crippen LogP contribution in [-0.2, 0) is 6.54 Å². The van der Waals surface area contributed by atoms with E-state index in [1.165, 1.54) is 31.7 Å². The van der Waals surface area contributed by atoms with Crippen molar-refractivity contribution in [3.63, 3.8) is 0 Å². The summed E-state index contributed by atoms with van der Waals surface area (Å²) >= 11 is 0. The summed E-state index contributed by atoms with van der Waals surface area (Å²) in [6.07, 6.45) is 6.52. The molecule has 0 radical (unpaired) electrons. The minimum absolute atomic E-state index is 0.0950. The fraction of sp³-hybridized carbons (Fsp3) is 0.467. The maximum absolute atomic E-state index is 13.5. The second-order valence-corrected chi connectivity index (χ2v) is 5.30. The Morgan fingerprint density at radius 2 is 1.90 bits per heavy atom. The Kier molecular flexibility index (Phi) is 5.68. The summed E-state index contributed by atoms with van der Waals surface area (Å²) in [4.78, 5) is 2.36. The van der Waals surface area contributed by atoms with Gasteiger partial charge in [0.15, 0.2) is 0 Å². The van der Waals surface area contributed by atoms with Gasteiger partial charge in [-0.2, -0.15) is 5.10 Å². The van der Waals surface area contributed by atoms with Crippen LogP contribution in [0.5, 0.6) is 0 Å². The predicted octanol–water partition coefficient (Wildman–Crippen LogP) is 1.81. The van der Waals surface area contributed by atoms with Crippen LogP contribution in [0, 0.1) is 5.82 Å². The summed E-state index contributed by atoms with van der Waals surface area (Å²) in [5.74, 6) is -0.332. The van der Waals surface area contributed by atoms with Gasteiger partial charge in [0, 0.05) is 6.54 Å². The second-order valence-electron chi connectivity index (χ2n) is 5.30. The first kappa shape index (κ1) is 15.4. The summed E-state index contributed by atoms with van der Waals surface area (Å²) in [5, 5.41) is 7.39. The van der Waals surface area contributed by atoms with E-state index in [0.29, 0.717) is 0 Å². The molecule has 0 amide bonds. The summed E-state index contributed by atoms with van der Waals surface area (Å²) in [7, 11) is 0. The van der Waals surface area contributed by atoms with E-state index in [0.717, 1.165) is 30.8 Å². The lowest BCUT2D eigenvalue weighted by molar-refractivity contribution is 0.276. The van der Waals surface area contributed by atoms with Gasteiger partial charge in [0.05, 0.1) is 6.21 Å². The Hall–Kier alpha value is -1.95. The molecule has 0 saturated carbocycles. The number of nitrogens with zero attached hydrogens (tertiary/aromatic N) is 3. The van der Waals surface area contributed by atoms with Gasteiger partial charge in [0.25, 0.3) is 0 Å². The van der Waals surface area contributed by atoms with Gasteiger partial charge in [0.2, 0.25) is 5.96 Å². The molecule has 114 valence electrons. The Morgan fingerprint density at radius 3 is 2.57 bits per heavy atom. The third kappa shape index (κ3) is 5.15. The van der Waals surface area contributed by atoms with Crippen molar-refractivity contribution in [1.82, 2.24) is 4.90 Å². The molecule has 0 aliphatic carbocycles. The van der Waals surface area contributed by atoms with Crippen molar-refractivity contribution < 1.29 is 4.39 Å². The molecule has 1 heterocycles. The van der Waals surface area contributed by atoms with Crippen molar-refractivity contribution in [2.24, 2.45) is 21.7 Å². The highest BCUT2D eigenvalue weighted by molar-refractivity contribution is 5.83. The molecule has 1 aromatic rings. The molecule has 1 aliphatic rings. The van der Waals surface area contributed by atoms with Gasteiger partial charge >= 0.3 is 0 Å². The Labute approximate surface area is 124 Å². The standard InChI is InChI=1S/C15H22FN5/c16-14-6-5-12(10-19-20-15(17)18)13(9-14)11-21-7-3-1-2-4-8-21/h5-6,9-10H,1-4,7-8,11H2,(H4,17,18,20). The largest absolute Gasteiger partial charge is 0.369 e. The summed E-state index contributed by atoms with van der Waals surface area (Å²) in [6.45, 7) is 2.84. The van der Waals surface area contributed by atoms with Gasteiger partial charge in [-0.3, -0.25) is 4.90 Å². The minimum Gasteiger partial charge on any atom is -0.369 e. The van der Waals surface area contributed by atoms with Gasteiger partial charge in [-0.1, -0.05) is 18.9 Å². The number of nitrogens with two attached hydrogens (primary N) is 2. The molecule has 0 unspecified atom stereocenters. The van der Waals surface area contributed by atoms with E-state index in [9.17, 15) is 4.39 Å². The minimum atomic E-state index is -0.237. The Balaban J connectivity index is 2.14. The summed E-state index contributed by atoms with van der Waals surface area (Å²) in [5.41, 5.74) is 12.2. The molecule has 4 N–H and O–H groups in total. The zero-order valence-electron chi connectivity index (χ0n) is 12.1. The van der Waals surface area contributed by atoms with E-state index >= 15 is 0 Å². The highest BCUT2D eigenvalue weighted by Crippen LogP contribution is 2.16. The quantitative estimate of drug-likeness (QED) is 0.504. The fourth-order valence-electron chi connectivity index (χ4n) is 2.53. The molecular formula is C15H22FN5. The molecule has 21 heavy (non-hydrogen) atoms. The van der Waals surface area contributed by atoms with Gasteiger partial charge in [-0.15, -0.1) is 5.10 Å². The van der Waals surface area contributed by atoms with Gasteiger partial charge < -0.3 is 11.5 Å². The van der Waals surface area contributed by atoms with Gasteiger partial charge in [-0.25, -0.2) is 4.39 Å². The molecule has 1 saturated heterocycles. The van der Waals surface area contributed by atoms with Crippen LogP contribution in [-0.4, -0.2) is 30.2 Å². The van der Waals surface area contributed by atoms with Crippen LogP contribution < -0.4 is 11.5 Å². The van der Waals surface area contributed by atoms with Crippen molar-refractivity contribution in [3.8, 4) is 0 Å². The van der Waals surface area contributed by atoms with Crippen molar-refractivity contribution in [1.29, 1.82) is 0 Å². The highest BCUT2D eigenvalue weighted by atomic mass is 19.1. The average molecular weight is 291 g/mol. The number of likely N-dealkylation sites (tertiary alicyclic amines) is 1. The van der Waals surface area contributed by atoms with Crippen molar-refractivity contribution >= 4 is 12.2 Å². The average Bonchev–Trinajstić information content (AvgIpc) is 2.69. The first-order valence-electron chi connectivity index (χ1n) is 7.28. The topological polar surface area (TPSA) is 80.0 Å². The van der Waals surface area contributed by atoms with Crippen LogP contribution >= 0.6 is 0 Å². The Bertz CT molecular complexity index is 515. The smallest absolute Gasteiger partial charge is 0.211 e. The van der Waals surface area contributed by atoms with Crippen LogP contribution in [0.4, 0.5) is 4.39 Å². The van der Waals surface area contributed by atoms with Crippen LogP contribution in [0.15, 0.2) is 28.4 Å². The van der Waals surface area contributed by atoms with Crippen LogP contribution in [0.3, 0.4) is 0 Å². The molecule has 0 spiro atoms. The fourth-order valence-corrected chi connectivity index (χ4v) is 2.53. The van der Waals surface area contributed by atoms with E-state index in [2.05, 4.69) is 15.1 Å². The maximum atomic E-state index is 13.5. The SMILES string of the molecule is NC(N)=NN=Cc1ccc(F)cc1CN1CCCCCC1. The van der Waals surface area contributed by atoms with Crippen molar-refractivity contribution in [2.45, 2.75) is 32.2 Å². The maximum Gasteiger partial charge on any atom is 0.211 e. The van der Waals surface area contributed by atoms with Crippen LogP contribution in [0.1, 0.15) is 36.8 Å². The third-order valence-electron chi connectivity index (χ3n) is 3.57. The first-order valence-corrected chi connectivity index (χ1v) is 7.28. The molecule has 1 fully saturated rings. The lowest BCUT2D eigenvalue weighted by atomic mass is 10.1. The lowest BCUT2D eigenvalue weighted by Gasteiger charge is -2.20. The zero-order chi connectivity index (χ0) is 15.1. The van der Waals surface area contributed by atoms with Crippen LogP contribution in [0.25, 0.3) is 0 Å². The van der Waals surface area contributed by atoms with Crippen LogP contribution in [0.2, 0.25) is 0 Å². The summed E-state index contributed by atoms with van der Waals surface area (Å²) in [6, 6.07) is 4.68. The van der Waals surface area contributed by atoms with Gasteiger partial charge in [0.1, 0.15) is 5.82 Å². The molecule has 0 atom stereocenters. The Morgan fingerprint density at radius 1 is 1.19 bits per heavy atom. The monoisotopic (exact) mass is 291 g/mol. The first-order chi connectivity index (χ1) is 10.1. The molecular weight excluding hydrogens is 269 g/mol. The number of benzene rings is 1. The van der Waals surface area contributed by atoms with E-state index in [4.69, 9.17) is 11.5 Å². The number of guanidine groups is 1. The normalized spacial score (nSPS) is 16.8. The van der Waals surface area contributed by atoms with E-state index in [-0.39, 0.29) is 11.8 Å². The number of rotatable bonds is 4. The van der Waals surface area contributed by atoms with E-state index < -0.39 is 0 Å². The zero-order valence-corrected chi connectivity index (χ0v) is 12.1. The number of hydrogen-bond donors (Lipinski definition) is 2. The molecule has 0 aromatic heterocycles. The summed E-state index contributed by atoms with van der Waals surface area (Å²) < 4.78 is 13.5. The van der Waals surface area contributed by atoms with Crippen molar-refractivity contribution in [2.75, 3.05) is 13.1 Å². The number of halogens is 1. The molecule has 5 nitrogen and oxygen atoms in total. The molecule has 1 aliphatic heterocycles. The van der Waals surface area contributed by atoms with Gasteiger partial charge in [-0.05, 0) is 49.2 Å². The second kappa shape index (κ2) is 7.73. The van der Waals surface area contributed by atoms with E-state index in [1.807, 2.05) is 0 Å².